The van der Waals surface area contributed by atoms with Crippen LogP contribution in [0.25, 0.3) is 0 Å². The first-order chi connectivity index (χ1) is 8.47. The van der Waals surface area contributed by atoms with Crippen LogP contribution in [0.4, 0.5) is 0 Å². The zero-order valence-corrected chi connectivity index (χ0v) is 10.8. The zero-order valence-electron chi connectivity index (χ0n) is 10.8. The van der Waals surface area contributed by atoms with Crippen molar-refractivity contribution in [3.63, 3.8) is 0 Å². The maximum absolute atomic E-state index is 11.9. The standard InChI is InChI=1S/C14H16O4/c1-4-18-8-12(15)14(17)13(16)11-6-5-9(2)7-10(11)3/h5-7H,4,8H2,1-3H3. The highest BCUT2D eigenvalue weighted by molar-refractivity contribution is 6.67. The number of rotatable bonds is 6. The van der Waals surface area contributed by atoms with Crippen molar-refractivity contribution in [2.75, 3.05) is 13.2 Å². The van der Waals surface area contributed by atoms with Gasteiger partial charge in [-0.3, -0.25) is 14.4 Å². The fourth-order valence-corrected chi connectivity index (χ4v) is 1.58. The van der Waals surface area contributed by atoms with Gasteiger partial charge in [0.05, 0.1) is 0 Å². The first kappa shape index (κ1) is 14.3. The highest BCUT2D eigenvalue weighted by atomic mass is 16.5. The number of benzene rings is 1. The molecule has 18 heavy (non-hydrogen) atoms. The molecule has 0 heterocycles. The molecule has 0 unspecified atom stereocenters. The molecule has 0 fully saturated rings. The lowest BCUT2D eigenvalue weighted by molar-refractivity contribution is -0.136. The monoisotopic (exact) mass is 248 g/mol. The second kappa shape index (κ2) is 6.21. The minimum absolute atomic E-state index is 0.274. The van der Waals surface area contributed by atoms with Gasteiger partial charge in [0.25, 0.3) is 5.78 Å². The smallest absolute Gasteiger partial charge is 0.271 e. The SMILES string of the molecule is CCOCC(=O)C(=O)C(=O)c1ccc(C)cc1C. The lowest BCUT2D eigenvalue weighted by Gasteiger charge is -2.05. The van der Waals surface area contributed by atoms with Crippen molar-refractivity contribution in [2.45, 2.75) is 20.8 Å². The highest BCUT2D eigenvalue weighted by Crippen LogP contribution is 2.11. The Balaban J connectivity index is 2.87. The van der Waals surface area contributed by atoms with Crippen LogP contribution in [-0.2, 0) is 14.3 Å². The van der Waals surface area contributed by atoms with E-state index >= 15 is 0 Å². The molecule has 0 atom stereocenters. The van der Waals surface area contributed by atoms with E-state index < -0.39 is 17.3 Å². The number of hydrogen-bond donors (Lipinski definition) is 0. The van der Waals surface area contributed by atoms with Crippen LogP contribution in [0.5, 0.6) is 0 Å². The molecule has 0 spiro atoms. The Kier molecular flexibility index (Phi) is 4.92. The number of aryl methyl sites for hydroxylation is 2. The van der Waals surface area contributed by atoms with Gasteiger partial charge in [0.1, 0.15) is 6.61 Å². The van der Waals surface area contributed by atoms with Gasteiger partial charge in [0.2, 0.25) is 11.6 Å². The maximum atomic E-state index is 11.9. The van der Waals surface area contributed by atoms with Gasteiger partial charge in [-0.15, -0.1) is 0 Å². The van der Waals surface area contributed by atoms with E-state index in [4.69, 9.17) is 4.74 Å². The normalized spacial score (nSPS) is 10.2. The topological polar surface area (TPSA) is 60.4 Å². The minimum Gasteiger partial charge on any atom is -0.373 e. The quantitative estimate of drug-likeness (QED) is 0.436. The van der Waals surface area contributed by atoms with Gasteiger partial charge in [0.15, 0.2) is 0 Å². The molecule has 0 N–H and O–H groups in total. The molecular formula is C14H16O4. The molecular weight excluding hydrogens is 232 g/mol. The second-order valence-corrected chi connectivity index (χ2v) is 4.04. The summed E-state index contributed by atoms with van der Waals surface area (Å²) in [5, 5.41) is 0. The van der Waals surface area contributed by atoms with Crippen LogP contribution in [0.2, 0.25) is 0 Å². The average molecular weight is 248 g/mol. The number of ketones is 3. The van der Waals surface area contributed by atoms with E-state index in [9.17, 15) is 14.4 Å². The third kappa shape index (κ3) is 3.34. The summed E-state index contributed by atoms with van der Waals surface area (Å²) in [6, 6.07) is 5.10. The first-order valence-corrected chi connectivity index (χ1v) is 5.74. The van der Waals surface area contributed by atoms with Crippen LogP contribution < -0.4 is 0 Å². The Bertz CT molecular complexity index is 489. The number of hydrogen-bond acceptors (Lipinski definition) is 4. The number of Topliss-reactive ketones (excluding diaryl/α,β-unsaturated/α-hetero) is 3. The van der Waals surface area contributed by atoms with Gasteiger partial charge >= 0.3 is 0 Å². The molecule has 0 aliphatic rings. The van der Waals surface area contributed by atoms with Crippen LogP contribution >= 0.6 is 0 Å². The van der Waals surface area contributed by atoms with Gasteiger partial charge < -0.3 is 4.74 Å². The van der Waals surface area contributed by atoms with Crippen molar-refractivity contribution in [3.8, 4) is 0 Å². The van der Waals surface area contributed by atoms with Crippen LogP contribution in [0.15, 0.2) is 18.2 Å². The molecule has 0 aromatic heterocycles. The second-order valence-electron chi connectivity index (χ2n) is 4.04. The molecule has 0 aliphatic heterocycles. The molecule has 0 bridgehead atoms. The molecule has 0 radical (unpaired) electrons. The fraction of sp³-hybridized carbons (Fsp3) is 0.357. The molecule has 0 aliphatic carbocycles. The van der Waals surface area contributed by atoms with Crippen LogP contribution in [0, 0.1) is 13.8 Å². The number of ether oxygens (including phenoxy) is 1. The van der Waals surface area contributed by atoms with E-state index in [2.05, 4.69) is 0 Å². The average Bonchev–Trinajstić information content (AvgIpc) is 2.34. The van der Waals surface area contributed by atoms with Crippen molar-refractivity contribution in [2.24, 2.45) is 0 Å². The Morgan fingerprint density at radius 3 is 2.39 bits per heavy atom. The van der Waals surface area contributed by atoms with E-state index in [1.807, 2.05) is 6.92 Å². The van der Waals surface area contributed by atoms with Gasteiger partial charge in [-0.1, -0.05) is 23.8 Å². The molecule has 1 aromatic carbocycles. The summed E-state index contributed by atoms with van der Waals surface area (Å²) in [6.45, 7) is 5.33. The van der Waals surface area contributed by atoms with E-state index in [0.29, 0.717) is 12.2 Å². The Hall–Kier alpha value is -1.81. The van der Waals surface area contributed by atoms with Crippen molar-refractivity contribution in [1.82, 2.24) is 0 Å². The van der Waals surface area contributed by atoms with Crippen molar-refractivity contribution in [1.29, 1.82) is 0 Å². The summed E-state index contributed by atoms with van der Waals surface area (Å²) >= 11 is 0. The zero-order chi connectivity index (χ0) is 13.7. The summed E-state index contributed by atoms with van der Waals surface area (Å²) < 4.78 is 4.83. The van der Waals surface area contributed by atoms with Crippen LogP contribution in [0.1, 0.15) is 28.4 Å². The van der Waals surface area contributed by atoms with Crippen molar-refractivity contribution >= 4 is 17.3 Å². The van der Waals surface area contributed by atoms with E-state index in [1.54, 1.807) is 32.0 Å². The van der Waals surface area contributed by atoms with Gasteiger partial charge in [-0.2, -0.15) is 0 Å². The first-order valence-electron chi connectivity index (χ1n) is 5.74. The third-order valence-electron chi connectivity index (χ3n) is 2.52. The summed E-state index contributed by atoms with van der Waals surface area (Å²) in [5.41, 5.74) is 1.96. The molecule has 0 saturated carbocycles. The van der Waals surface area contributed by atoms with Gasteiger partial charge in [-0.05, 0) is 26.3 Å². The van der Waals surface area contributed by atoms with Gasteiger partial charge in [0, 0.05) is 12.2 Å². The van der Waals surface area contributed by atoms with Crippen molar-refractivity contribution in [3.05, 3.63) is 34.9 Å². The molecule has 96 valence electrons. The van der Waals surface area contributed by atoms with E-state index in [0.717, 1.165) is 5.56 Å². The maximum Gasteiger partial charge on any atom is 0.271 e. The summed E-state index contributed by atoms with van der Waals surface area (Å²) in [6.07, 6.45) is 0. The van der Waals surface area contributed by atoms with Crippen LogP contribution in [0.3, 0.4) is 0 Å². The lowest BCUT2D eigenvalue weighted by atomic mass is 9.98. The van der Waals surface area contributed by atoms with E-state index in [-0.39, 0.29) is 12.2 Å². The largest absolute Gasteiger partial charge is 0.373 e. The predicted molar refractivity (Wildman–Crippen MR) is 66.8 cm³/mol. The summed E-state index contributed by atoms with van der Waals surface area (Å²) in [7, 11) is 0. The number of carbonyl (C=O) groups is 3. The van der Waals surface area contributed by atoms with Gasteiger partial charge in [-0.25, -0.2) is 0 Å². The Morgan fingerprint density at radius 1 is 1.17 bits per heavy atom. The fourth-order valence-electron chi connectivity index (χ4n) is 1.58. The molecule has 4 nitrogen and oxygen atoms in total. The van der Waals surface area contributed by atoms with Crippen molar-refractivity contribution < 1.29 is 19.1 Å². The van der Waals surface area contributed by atoms with Crippen LogP contribution in [-0.4, -0.2) is 30.6 Å². The molecule has 0 saturated heterocycles. The predicted octanol–water partition coefficient (Wildman–Crippen LogP) is 1.66. The minimum atomic E-state index is -1.02. The molecule has 1 aromatic rings. The lowest BCUT2D eigenvalue weighted by Crippen LogP contribution is -2.28. The Morgan fingerprint density at radius 2 is 1.83 bits per heavy atom. The number of carbonyl (C=O) groups excluding carboxylic acids is 3. The third-order valence-corrected chi connectivity index (χ3v) is 2.52. The summed E-state index contributed by atoms with van der Waals surface area (Å²) in [5.74, 6) is -2.59. The molecule has 1 rings (SSSR count). The molecule has 0 amide bonds. The van der Waals surface area contributed by atoms with E-state index in [1.165, 1.54) is 0 Å². The molecule has 4 heteroatoms. The summed E-state index contributed by atoms with van der Waals surface area (Å²) in [4.78, 5) is 34.9. The Labute approximate surface area is 106 Å². The highest BCUT2D eigenvalue weighted by Gasteiger charge is 2.24.